The fourth-order valence-electron chi connectivity index (χ4n) is 2.04. The van der Waals surface area contributed by atoms with Crippen molar-refractivity contribution in [2.45, 2.75) is 46.5 Å². The summed E-state index contributed by atoms with van der Waals surface area (Å²) in [6, 6.07) is 0. The fourth-order valence-corrected chi connectivity index (χ4v) is 2.04. The molecule has 0 saturated heterocycles. The van der Waals surface area contributed by atoms with Gasteiger partial charge in [0.1, 0.15) is 0 Å². The summed E-state index contributed by atoms with van der Waals surface area (Å²) in [5.41, 5.74) is 0.514. The molecule has 0 aromatic carbocycles. The number of allylic oxidation sites excluding steroid dienone is 4. The highest BCUT2D eigenvalue weighted by molar-refractivity contribution is 5.98. The van der Waals surface area contributed by atoms with Crippen molar-refractivity contribution in [1.29, 1.82) is 0 Å². The number of carboxylic acid groups (broad SMARTS) is 2. The highest BCUT2D eigenvalue weighted by Gasteiger charge is 2.45. The van der Waals surface area contributed by atoms with E-state index < -0.39 is 17.4 Å². The third-order valence-electron chi connectivity index (χ3n) is 3.69. The molecule has 0 atom stereocenters. The Kier molecular flexibility index (Phi) is 8.72. The maximum Gasteiger partial charge on any atom is 0.321 e. The Morgan fingerprint density at radius 3 is 2.00 bits per heavy atom. The van der Waals surface area contributed by atoms with Gasteiger partial charge in [0.05, 0.1) is 0 Å². The average molecular weight is 311 g/mol. The summed E-state index contributed by atoms with van der Waals surface area (Å²) in [4.78, 5) is 24.9. The number of nitrogens with zero attached hydrogens (tertiary/aromatic N) is 1. The van der Waals surface area contributed by atoms with Crippen molar-refractivity contribution in [3.63, 3.8) is 0 Å². The minimum absolute atomic E-state index is 0.0200. The summed E-state index contributed by atoms with van der Waals surface area (Å²) < 4.78 is 0. The number of carbonyl (C=O) groups is 2. The minimum atomic E-state index is -1.75. The molecule has 0 bridgehead atoms. The van der Waals surface area contributed by atoms with Crippen LogP contribution >= 0.6 is 0 Å². The van der Waals surface area contributed by atoms with E-state index in [1.807, 2.05) is 20.8 Å². The van der Waals surface area contributed by atoms with Crippen molar-refractivity contribution in [3.05, 3.63) is 23.3 Å². The lowest BCUT2D eigenvalue weighted by molar-refractivity contribution is -0.165. The Morgan fingerprint density at radius 2 is 1.59 bits per heavy atom. The summed E-state index contributed by atoms with van der Waals surface area (Å²) in [5.74, 6) is -2.54. The molecule has 22 heavy (non-hydrogen) atoms. The first-order chi connectivity index (χ1) is 10.1. The molecule has 5 heteroatoms. The summed E-state index contributed by atoms with van der Waals surface area (Å²) >= 11 is 0. The molecule has 126 valence electrons. The van der Waals surface area contributed by atoms with E-state index in [0.717, 1.165) is 18.4 Å². The second-order valence-corrected chi connectivity index (χ2v) is 6.32. The molecule has 0 aliphatic carbocycles. The third-order valence-corrected chi connectivity index (χ3v) is 3.69. The SMILES string of the molecule is CC(C)=CCC/C(C)=C/CC(CCN(C)C)(C(=O)O)C(=O)O. The monoisotopic (exact) mass is 311 g/mol. The standard InChI is InChI=1S/C17H29NO4/c1-13(2)7-6-8-14(3)9-10-17(15(19)20,16(21)22)11-12-18(4)5/h7,9H,6,8,10-12H2,1-5H3,(H,19,20)(H,21,22)/b14-9+. The number of hydrogen-bond donors (Lipinski definition) is 2. The van der Waals surface area contributed by atoms with Crippen LogP contribution in [0.2, 0.25) is 0 Å². The smallest absolute Gasteiger partial charge is 0.321 e. The van der Waals surface area contributed by atoms with Crippen LogP contribution in [0.25, 0.3) is 0 Å². The lowest BCUT2D eigenvalue weighted by Gasteiger charge is -2.25. The van der Waals surface area contributed by atoms with Crippen molar-refractivity contribution < 1.29 is 19.8 Å². The Balaban J connectivity index is 5.01. The van der Waals surface area contributed by atoms with Crippen LogP contribution in [0.1, 0.15) is 46.5 Å². The Morgan fingerprint density at radius 1 is 1.05 bits per heavy atom. The second kappa shape index (κ2) is 9.41. The fraction of sp³-hybridized carbons (Fsp3) is 0.647. The summed E-state index contributed by atoms with van der Waals surface area (Å²) in [6.45, 7) is 6.39. The number of hydrogen-bond acceptors (Lipinski definition) is 3. The molecule has 0 radical (unpaired) electrons. The lowest BCUT2D eigenvalue weighted by Crippen LogP contribution is -2.41. The van der Waals surface area contributed by atoms with Crippen LogP contribution in [0.5, 0.6) is 0 Å². The maximum absolute atomic E-state index is 11.6. The van der Waals surface area contributed by atoms with E-state index in [-0.39, 0.29) is 12.8 Å². The van der Waals surface area contributed by atoms with E-state index in [4.69, 9.17) is 0 Å². The van der Waals surface area contributed by atoms with E-state index in [9.17, 15) is 19.8 Å². The van der Waals surface area contributed by atoms with Crippen molar-refractivity contribution >= 4 is 11.9 Å². The quantitative estimate of drug-likeness (QED) is 0.478. The van der Waals surface area contributed by atoms with Crippen molar-refractivity contribution in [1.82, 2.24) is 4.90 Å². The molecule has 0 spiro atoms. The Hall–Kier alpha value is -1.62. The average Bonchev–Trinajstić information content (AvgIpc) is 2.37. The van der Waals surface area contributed by atoms with E-state index in [0.29, 0.717) is 6.54 Å². The van der Waals surface area contributed by atoms with Gasteiger partial charge in [-0.05, 0) is 67.1 Å². The molecule has 5 nitrogen and oxygen atoms in total. The van der Waals surface area contributed by atoms with Crippen LogP contribution in [0.15, 0.2) is 23.3 Å². The number of carboxylic acids is 2. The molecular formula is C17H29NO4. The molecule has 0 amide bonds. The Bertz CT molecular complexity index is 432. The molecule has 2 N–H and O–H groups in total. The molecule has 0 aliphatic rings. The van der Waals surface area contributed by atoms with Gasteiger partial charge in [0, 0.05) is 0 Å². The minimum Gasteiger partial charge on any atom is -0.480 e. The van der Waals surface area contributed by atoms with E-state index in [1.165, 1.54) is 5.57 Å². The zero-order valence-electron chi connectivity index (χ0n) is 14.3. The van der Waals surface area contributed by atoms with Gasteiger partial charge in [0.15, 0.2) is 5.41 Å². The number of aliphatic carboxylic acids is 2. The largest absolute Gasteiger partial charge is 0.480 e. The van der Waals surface area contributed by atoms with E-state index in [1.54, 1.807) is 25.1 Å². The van der Waals surface area contributed by atoms with Crippen LogP contribution in [0.3, 0.4) is 0 Å². The molecule has 0 fully saturated rings. The van der Waals surface area contributed by atoms with Crippen LogP contribution in [0, 0.1) is 5.41 Å². The van der Waals surface area contributed by atoms with Gasteiger partial charge < -0.3 is 15.1 Å². The topological polar surface area (TPSA) is 77.8 Å². The first-order valence-electron chi connectivity index (χ1n) is 7.52. The van der Waals surface area contributed by atoms with Gasteiger partial charge in [-0.15, -0.1) is 0 Å². The molecule has 0 rings (SSSR count). The maximum atomic E-state index is 11.6. The highest BCUT2D eigenvalue weighted by atomic mass is 16.4. The molecule has 0 aliphatic heterocycles. The van der Waals surface area contributed by atoms with Gasteiger partial charge in [-0.25, -0.2) is 0 Å². The highest BCUT2D eigenvalue weighted by Crippen LogP contribution is 2.29. The Labute approximate surface area is 133 Å². The van der Waals surface area contributed by atoms with Gasteiger partial charge in [0.2, 0.25) is 0 Å². The van der Waals surface area contributed by atoms with Crippen molar-refractivity contribution in [2.24, 2.45) is 5.41 Å². The summed E-state index contributed by atoms with van der Waals surface area (Å²) in [5, 5.41) is 18.9. The summed E-state index contributed by atoms with van der Waals surface area (Å²) in [6.07, 6.45) is 5.68. The zero-order valence-corrected chi connectivity index (χ0v) is 14.3. The van der Waals surface area contributed by atoms with Crippen molar-refractivity contribution in [2.75, 3.05) is 20.6 Å². The lowest BCUT2D eigenvalue weighted by atomic mass is 9.80. The van der Waals surface area contributed by atoms with Crippen molar-refractivity contribution in [3.8, 4) is 0 Å². The van der Waals surface area contributed by atoms with Gasteiger partial charge in [0.25, 0.3) is 0 Å². The second-order valence-electron chi connectivity index (χ2n) is 6.32. The van der Waals surface area contributed by atoms with Crippen LogP contribution in [-0.4, -0.2) is 47.7 Å². The first kappa shape index (κ1) is 20.4. The van der Waals surface area contributed by atoms with Gasteiger partial charge in [-0.2, -0.15) is 0 Å². The van der Waals surface area contributed by atoms with Crippen LogP contribution in [0.4, 0.5) is 0 Å². The van der Waals surface area contributed by atoms with E-state index >= 15 is 0 Å². The van der Waals surface area contributed by atoms with Gasteiger partial charge >= 0.3 is 11.9 Å². The summed E-state index contributed by atoms with van der Waals surface area (Å²) in [7, 11) is 3.60. The predicted molar refractivity (Wildman–Crippen MR) is 87.9 cm³/mol. The first-order valence-corrected chi connectivity index (χ1v) is 7.52. The normalized spacial score (nSPS) is 12.4. The predicted octanol–water partition coefficient (Wildman–Crippen LogP) is 3.18. The molecule has 0 heterocycles. The molecule has 0 aromatic heterocycles. The van der Waals surface area contributed by atoms with Gasteiger partial charge in [-0.3, -0.25) is 9.59 Å². The number of rotatable bonds is 10. The van der Waals surface area contributed by atoms with E-state index in [2.05, 4.69) is 6.08 Å². The zero-order chi connectivity index (χ0) is 17.3. The molecule has 0 saturated carbocycles. The molecule has 0 aromatic rings. The van der Waals surface area contributed by atoms with Crippen LogP contribution in [-0.2, 0) is 9.59 Å². The van der Waals surface area contributed by atoms with Crippen LogP contribution < -0.4 is 0 Å². The third kappa shape index (κ3) is 6.89. The molecular weight excluding hydrogens is 282 g/mol. The molecule has 0 unspecified atom stereocenters. The van der Waals surface area contributed by atoms with Gasteiger partial charge in [-0.1, -0.05) is 23.3 Å².